The first-order valence-electron chi connectivity index (χ1n) is 7.45. The number of hydrogen-bond acceptors (Lipinski definition) is 1. The van der Waals surface area contributed by atoms with E-state index >= 15 is 0 Å². The van der Waals surface area contributed by atoms with Crippen molar-refractivity contribution in [3.05, 3.63) is 70.3 Å². The maximum absolute atomic E-state index is 14.4. The van der Waals surface area contributed by atoms with Crippen LogP contribution in [-0.2, 0) is 12.0 Å². The molecule has 5 heteroatoms. The zero-order valence-corrected chi connectivity index (χ0v) is 12.4. The molecule has 0 aromatic heterocycles. The van der Waals surface area contributed by atoms with E-state index in [4.69, 9.17) is 0 Å². The number of carbonyl (C=O) groups is 1. The van der Waals surface area contributed by atoms with Gasteiger partial charge in [0.2, 0.25) is 0 Å². The SMILES string of the molecule is Cc1ccc2c(c1)C1(C(F)(F)F)c3ccccc3C(=O)N1CC2. The first-order valence-corrected chi connectivity index (χ1v) is 7.45. The van der Waals surface area contributed by atoms with Crippen molar-refractivity contribution < 1.29 is 18.0 Å². The Morgan fingerprint density at radius 2 is 1.83 bits per heavy atom. The van der Waals surface area contributed by atoms with Gasteiger partial charge in [0.1, 0.15) is 0 Å². The van der Waals surface area contributed by atoms with Crippen molar-refractivity contribution >= 4 is 5.91 Å². The fraction of sp³-hybridized carbons (Fsp3) is 0.278. The van der Waals surface area contributed by atoms with Gasteiger partial charge in [0.05, 0.1) is 0 Å². The molecule has 2 aliphatic heterocycles. The minimum Gasteiger partial charge on any atom is -0.316 e. The number of benzene rings is 2. The number of rotatable bonds is 0. The molecule has 0 spiro atoms. The van der Waals surface area contributed by atoms with Crippen LogP contribution in [0.4, 0.5) is 13.2 Å². The summed E-state index contributed by atoms with van der Waals surface area (Å²) in [6, 6.07) is 11.2. The maximum atomic E-state index is 14.4. The Labute approximate surface area is 131 Å². The highest BCUT2D eigenvalue weighted by molar-refractivity contribution is 6.01. The Bertz CT molecular complexity index is 827. The Morgan fingerprint density at radius 1 is 1.09 bits per heavy atom. The lowest BCUT2D eigenvalue weighted by atomic mass is 9.76. The smallest absolute Gasteiger partial charge is 0.316 e. The van der Waals surface area contributed by atoms with Gasteiger partial charge >= 0.3 is 6.18 Å². The summed E-state index contributed by atoms with van der Waals surface area (Å²) in [5, 5.41) is 0. The van der Waals surface area contributed by atoms with Crippen molar-refractivity contribution in [2.24, 2.45) is 0 Å². The highest BCUT2D eigenvalue weighted by atomic mass is 19.4. The molecule has 2 aromatic rings. The van der Waals surface area contributed by atoms with E-state index in [1.54, 1.807) is 31.2 Å². The zero-order valence-electron chi connectivity index (χ0n) is 12.4. The van der Waals surface area contributed by atoms with E-state index in [1.807, 2.05) is 6.07 Å². The second-order valence-electron chi connectivity index (χ2n) is 6.12. The Morgan fingerprint density at radius 3 is 2.57 bits per heavy atom. The predicted molar refractivity (Wildman–Crippen MR) is 79.2 cm³/mol. The first-order chi connectivity index (χ1) is 10.9. The number of alkyl halides is 3. The Balaban J connectivity index is 2.15. The number of aryl methyl sites for hydroxylation is 1. The summed E-state index contributed by atoms with van der Waals surface area (Å²) in [5.41, 5.74) is -0.558. The summed E-state index contributed by atoms with van der Waals surface area (Å²) in [6.07, 6.45) is -4.15. The molecule has 23 heavy (non-hydrogen) atoms. The molecule has 4 rings (SSSR count). The van der Waals surface area contributed by atoms with Gasteiger partial charge in [0, 0.05) is 17.7 Å². The van der Waals surface area contributed by atoms with E-state index < -0.39 is 17.6 Å². The lowest BCUT2D eigenvalue weighted by Gasteiger charge is -2.45. The third kappa shape index (κ3) is 1.62. The average Bonchev–Trinajstić information content (AvgIpc) is 2.78. The largest absolute Gasteiger partial charge is 0.420 e. The molecule has 2 heterocycles. The molecule has 0 bridgehead atoms. The number of fused-ring (bicyclic) bond motifs is 5. The highest BCUT2D eigenvalue weighted by Crippen LogP contribution is 2.56. The molecular formula is C18H14F3NO. The molecule has 2 aromatic carbocycles. The van der Waals surface area contributed by atoms with E-state index in [9.17, 15) is 18.0 Å². The maximum Gasteiger partial charge on any atom is 0.420 e. The summed E-state index contributed by atoms with van der Waals surface area (Å²) in [4.78, 5) is 13.6. The topological polar surface area (TPSA) is 20.3 Å². The van der Waals surface area contributed by atoms with Crippen LogP contribution in [0.3, 0.4) is 0 Å². The number of amides is 1. The highest BCUT2D eigenvalue weighted by Gasteiger charge is 2.68. The molecule has 1 unspecified atom stereocenters. The second-order valence-corrected chi connectivity index (χ2v) is 6.12. The molecule has 1 atom stereocenters. The number of carbonyl (C=O) groups excluding carboxylic acids is 1. The van der Waals surface area contributed by atoms with Crippen LogP contribution in [0.5, 0.6) is 0 Å². The molecule has 118 valence electrons. The molecule has 0 saturated heterocycles. The monoisotopic (exact) mass is 317 g/mol. The molecule has 2 nitrogen and oxygen atoms in total. The third-order valence-electron chi connectivity index (χ3n) is 4.87. The van der Waals surface area contributed by atoms with Crippen molar-refractivity contribution in [2.45, 2.75) is 25.1 Å². The molecule has 0 aliphatic carbocycles. The fourth-order valence-electron chi connectivity index (χ4n) is 3.92. The van der Waals surface area contributed by atoms with Gasteiger partial charge in [-0.2, -0.15) is 13.2 Å². The van der Waals surface area contributed by atoms with Crippen molar-refractivity contribution in [3.8, 4) is 0 Å². The molecule has 0 saturated carbocycles. The molecule has 2 aliphatic rings. The summed E-state index contributed by atoms with van der Waals surface area (Å²) in [6.45, 7) is 1.84. The van der Waals surface area contributed by atoms with Gasteiger partial charge in [-0.3, -0.25) is 4.79 Å². The third-order valence-corrected chi connectivity index (χ3v) is 4.87. The molecule has 0 N–H and O–H groups in total. The van der Waals surface area contributed by atoms with E-state index in [1.165, 1.54) is 12.1 Å². The van der Waals surface area contributed by atoms with E-state index in [-0.39, 0.29) is 23.2 Å². The summed E-state index contributed by atoms with van der Waals surface area (Å²) in [7, 11) is 0. The standard InChI is InChI=1S/C18H14F3NO/c1-11-6-7-12-8-9-22-16(23)13-4-2-3-5-14(13)17(22,15(12)10-11)18(19,20)21/h2-7,10H,8-9H2,1H3. The number of nitrogens with zero attached hydrogens (tertiary/aromatic N) is 1. The van der Waals surface area contributed by atoms with Crippen LogP contribution in [0.1, 0.15) is 32.6 Å². The van der Waals surface area contributed by atoms with E-state index in [0.717, 1.165) is 10.5 Å². The van der Waals surface area contributed by atoms with Gasteiger partial charge in [0.25, 0.3) is 5.91 Å². The predicted octanol–water partition coefficient (Wildman–Crippen LogP) is 3.81. The van der Waals surface area contributed by atoms with Crippen LogP contribution in [-0.4, -0.2) is 23.5 Å². The summed E-state index contributed by atoms with van der Waals surface area (Å²) in [5.74, 6) is -0.537. The van der Waals surface area contributed by atoms with Gasteiger partial charge in [-0.1, -0.05) is 42.0 Å². The van der Waals surface area contributed by atoms with Gasteiger partial charge in [-0.25, -0.2) is 0 Å². The van der Waals surface area contributed by atoms with Crippen molar-refractivity contribution in [1.82, 2.24) is 4.90 Å². The quantitative estimate of drug-likeness (QED) is 0.723. The van der Waals surface area contributed by atoms with E-state index in [0.29, 0.717) is 12.0 Å². The molecule has 0 fully saturated rings. The van der Waals surface area contributed by atoms with Crippen LogP contribution in [0.2, 0.25) is 0 Å². The lowest BCUT2D eigenvalue weighted by molar-refractivity contribution is -0.212. The minimum atomic E-state index is -4.59. The van der Waals surface area contributed by atoms with Gasteiger partial charge in [-0.15, -0.1) is 0 Å². The first kappa shape index (κ1) is 14.3. The normalized spacial score (nSPS) is 22.6. The van der Waals surface area contributed by atoms with Crippen molar-refractivity contribution in [2.75, 3.05) is 6.54 Å². The number of hydrogen-bond donors (Lipinski definition) is 0. The fourth-order valence-corrected chi connectivity index (χ4v) is 3.92. The van der Waals surface area contributed by atoms with Crippen LogP contribution in [0.25, 0.3) is 0 Å². The zero-order chi connectivity index (χ0) is 16.4. The molecule has 0 radical (unpaired) electrons. The van der Waals surface area contributed by atoms with E-state index in [2.05, 4.69) is 0 Å². The number of halogens is 3. The average molecular weight is 317 g/mol. The molecular weight excluding hydrogens is 303 g/mol. The van der Waals surface area contributed by atoms with Crippen LogP contribution in [0.15, 0.2) is 42.5 Å². The summed E-state index contributed by atoms with van der Waals surface area (Å²) >= 11 is 0. The Hall–Kier alpha value is -2.30. The second kappa shape index (κ2) is 4.37. The van der Waals surface area contributed by atoms with Gasteiger partial charge < -0.3 is 4.90 Å². The van der Waals surface area contributed by atoms with Crippen LogP contribution >= 0.6 is 0 Å². The van der Waals surface area contributed by atoms with Crippen LogP contribution < -0.4 is 0 Å². The molecule has 1 amide bonds. The van der Waals surface area contributed by atoms with Crippen molar-refractivity contribution in [1.29, 1.82) is 0 Å². The van der Waals surface area contributed by atoms with Crippen molar-refractivity contribution in [3.63, 3.8) is 0 Å². The summed E-state index contributed by atoms with van der Waals surface area (Å²) < 4.78 is 43.1. The van der Waals surface area contributed by atoms with Crippen LogP contribution in [0, 0.1) is 6.92 Å². The van der Waals surface area contributed by atoms with Gasteiger partial charge in [-0.05, 0) is 30.5 Å². The van der Waals surface area contributed by atoms with Gasteiger partial charge in [0.15, 0.2) is 5.54 Å². The Kier molecular flexibility index (Phi) is 2.72. The minimum absolute atomic E-state index is 0.0454. The lowest BCUT2D eigenvalue weighted by Crippen LogP contribution is -2.58.